The van der Waals surface area contributed by atoms with Crippen LogP contribution in [0.2, 0.25) is 0 Å². The Morgan fingerprint density at radius 2 is 2.16 bits per heavy atom. The number of nitrogens with one attached hydrogen (secondary N) is 1. The van der Waals surface area contributed by atoms with Crippen molar-refractivity contribution in [3.05, 3.63) is 28.0 Å². The molecule has 0 aliphatic rings. The lowest BCUT2D eigenvalue weighted by atomic mass is 10.2. The zero-order valence-electron chi connectivity index (χ0n) is 10.2. The molecule has 1 aromatic rings. The number of aliphatic hydroxyl groups is 1. The molecule has 0 atom stereocenters. The van der Waals surface area contributed by atoms with Crippen molar-refractivity contribution in [3.63, 3.8) is 0 Å². The normalized spacial score (nSPS) is 10.5. The third-order valence-electron chi connectivity index (χ3n) is 2.33. The molecule has 0 saturated heterocycles. The van der Waals surface area contributed by atoms with Crippen LogP contribution in [0.25, 0.3) is 0 Å². The van der Waals surface area contributed by atoms with Crippen LogP contribution < -0.4 is 5.32 Å². The van der Waals surface area contributed by atoms with Gasteiger partial charge in [0.1, 0.15) is 0 Å². The van der Waals surface area contributed by atoms with Gasteiger partial charge in [-0.05, 0) is 34.5 Å². The molecule has 1 rings (SSSR count). The highest BCUT2D eigenvalue weighted by atomic mass is 79.9. The predicted molar refractivity (Wildman–Crippen MR) is 72.1 cm³/mol. The Labute approximate surface area is 118 Å². The maximum Gasteiger partial charge on any atom is 0.336 e. The Morgan fingerprint density at radius 1 is 1.42 bits per heavy atom. The Morgan fingerprint density at radius 3 is 2.79 bits per heavy atom. The van der Waals surface area contributed by atoms with E-state index >= 15 is 0 Å². The summed E-state index contributed by atoms with van der Waals surface area (Å²) in [5.41, 5.74) is 0.119. The van der Waals surface area contributed by atoms with Gasteiger partial charge in [-0.1, -0.05) is 0 Å². The van der Waals surface area contributed by atoms with Crippen LogP contribution in [-0.2, 0) is 4.74 Å². The summed E-state index contributed by atoms with van der Waals surface area (Å²) in [6, 6.07) is 2.72. The van der Waals surface area contributed by atoms with Gasteiger partial charge in [0.2, 0.25) is 0 Å². The zero-order valence-corrected chi connectivity index (χ0v) is 11.7. The Bertz CT molecular complexity index is 442. The van der Waals surface area contributed by atoms with Gasteiger partial charge in [-0.2, -0.15) is 0 Å². The number of benzene rings is 1. The van der Waals surface area contributed by atoms with Gasteiger partial charge < -0.3 is 20.3 Å². The fourth-order valence-corrected chi connectivity index (χ4v) is 1.93. The van der Waals surface area contributed by atoms with E-state index in [1.54, 1.807) is 0 Å². The van der Waals surface area contributed by atoms with Gasteiger partial charge in [-0.25, -0.2) is 9.18 Å². The highest BCUT2D eigenvalue weighted by Crippen LogP contribution is 2.27. The van der Waals surface area contributed by atoms with Crippen molar-refractivity contribution < 1.29 is 24.1 Å². The number of halogens is 2. The van der Waals surface area contributed by atoms with E-state index in [1.165, 1.54) is 12.1 Å². The second-order valence-electron chi connectivity index (χ2n) is 3.71. The molecule has 106 valence electrons. The second kappa shape index (κ2) is 8.08. The third-order valence-corrected chi connectivity index (χ3v) is 3.10. The van der Waals surface area contributed by atoms with E-state index in [1.807, 2.05) is 0 Å². The standard InChI is InChI=1S/C12H15BrFNO4/c13-10-8(12(17)18)2-3-9(11(10)14)15-4-1-6-19-7-5-16/h2-3,15-16H,1,4-7H2,(H,17,18). The summed E-state index contributed by atoms with van der Waals surface area (Å²) in [4.78, 5) is 10.8. The minimum absolute atomic E-state index is 0.0222. The SMILES string of the molecule is O=C(O)c1ccc(NCCCOCCO)c(F)c1Br. The molecule has 0 aliphatic carbocycles. The molecule has 5 nitrogen and oxygen atoms in total. The van der Waals surface area contributed by atoms with E-state index in [9.17, 15) is 9.18 Å². The number of ether oxygens (including phenoxy) is 1. The van der Waals surface area contributed by atoms with Gasteiger partial charge >= 0.3 is 5.97 Å². The van der Waals surface area contributed by atoms with Crippen molar-refractivity contribution in [3.8, 4) is 0 Å². The molecular weight excluding hydrogens is 321 g/mol. The predicted octanol–water partition coefficient (Wildman–Crippen LogP) is 2.10. The molecule has 0 unspecified atom stereocenters. The van der Waals surface area contributed by atoms with Crippen molar-refractivity contribution in [2.24, 2.45) is 0 Å². The fraction of sp³-hybridized carbons (Fsp3) is 0.417. The monoisotopic (exact) mass is 335 g/mol. The molecule has 0 bridgehead atoms. The summed E-state index contributed by atoms with van der Waals surface area (Å²) in [7, 11) is 0. The van der Waals surface area contributed by atoms with Crippen LogP contribution in [0, 0.1) is 5.82 Å². The van der Waals surface area contributed by atoms with Gasteiger partial charge in [0.25, 0.3) is 0 Å². The number of hydrogen-bond donors (Lipinski definition) is 3. The van der Waals surface area contributed by atoms with E-state index in [2.05, 4.69) is 21.2 Å². The number of anilines is 1. The third kappa shape index (κ3) is 4.77. The summed E-state index contributed by atoms with van der Waals surface area (Å²) >= 11 is 2.93. The van der Waals surface area contributed by atoms with Crippen LogP contribution in [0.15, 0.2) is 16.6 Å². The molecule has 0 radical (unpaired) electrons. The largest absolute Gasteiger partial charge is 0.478 e. The van der Waals surface area contributed by atoms with E-state index in [4.69, 9.17) is 14.9 Å². The van der Waals surface area contributed by atoms with Crippen molar-refractivity contribution in [2.75, 3.05) is 31.7 Å². The number of aliphatic hydroxyl groups excluding tert-OH is 1. The molecule has 0 amide bonds. The van der Waals surface area contributed by atoms with E-state index in [0.717, 1.165) is 0 Å². The minimum Gasteiger partial charge on any atom is -0.478 e. The van der Waals surface area contributed by atoms with Crippen molar-refractivity contribution in [1.29, 1.82) is 0 Å². The van der Waals surface area contributed by atoms with E-state index < -0.39 is 11.8 Å². The van der Waals surface area contributed by atoms with Crippen LogP contribution in [0.5, 0.6) is 0 Å². The van der Waals surface area contributed by atoms with Crippen LogP contribution in [-0.4, -0.2) is 42.5 Å². The lowest BCUT2D eigenvalue weighted by Gasteiger charge is -2.10. The number of carbonyl (C=O) groups is 1. The van der Waals surface area contributed by atoms with Crippen LogP contribution in [0.1, 0.15) is 16.8 Å². The highest BCUT2D eigenvalue weighted by molar-refractivity contribution is 9.10. The average molecular weight is 336 g/mol. The molecule has 19 heavy (non-hydrogen) atoms. The first kappa shape index (κ1) is 15.9. The first-order valence-corrected chi connectivity index (χ1v) is 6.51. The summed E-state index contributed by atoms with van der Waals surface area (Å²) in [6.45, 7) is 1.21. The molecule has 7 heteroatoms. The van der Waals surface area contributed by atoms with E-state index in [0.29, 0.717) is 19.6 Å². The first-order valence-electron chi connectivity index (χ1n) is 5.71. The smallest absolute Gasteiger partial charge is 0.336 e. The molecule has 0 spiro atoms. The molecule has 0 aliphatic heterocycles. The van der Waals surface area contributed by atoms with Crippen LogP contribution >= 0.6 is 15.9 Å². The topological polar surface area (TPSA) is 78.8 Å². The molecule has 1 aromatic carbocycles. The highest BCUT2D eigenvalue weighted by Gasteiger charge is 2.15. The van der Waals surface area contributed by atoms with Crippen molar-refractivity contribution in [2.45, 2.75) is 6.42 Å². The maximum atomic E-state index is 13.8. The summed E-state index contributed by atoms with van der Waals surface area (Å²) < 4.78 is 18.8. The average Bonchev–Trinajstić information content (AvgIpc) is 2.38. The molecule has 3 N–H and O–H groups in total. The minimum atomic E-state index is -1.19. The molecular formula is C12H15BrFNO4. The van der Waals surface area contributed by atoms with Gasteiger partial charge in [-0.15, -0.1) is 0 Å². The van der Waals surface area contributed by atoms with Crippen molar-refractivity contribution in [1.82, 2.24) is 0 Å². The summed E-state index contributed by atoms with van der Waals surface area (Å²) in [6.07, 6.45) is 0.651. The van der Waals surface area contributed by atoms with Gasteiger partial charge in [-0.3, -0.25) is 0 Å². The first-order chi connectivity index (χ1) is 9.07. The van der Waals surface area contributed by atoms with Gasteiger partial charge in [0.15, 0.2) is 5.82 Å². The fourth-order valence-electron chi connectivity index (χ4n) is 1.42. The number of hydrogen-bond acceptors (Lipinski definition) is 4. The zero-order chi connectivity index (χ0) is 14.3. The number of rotatable bonds is 8. The number of aromatic carboxylic acids is 1. The Hall–Kier alpha value is -1.18. The van der Waals surface area contributed by atoms with Crippen LogP contribution in [0.3, 0.4) is 0 Å². The number of carboxylic acids is 1. The Kier molecular flexibility index (Phi) is 6.75. The summed E-state index contributed by atoms with van der Waals surface area (Å²) in [5, 5.41) is 20.2. The van der Waals surface area contributed by atoms with Crippen molar-refractivity contribution >= 4 is 27.6 Å². The molecule has 0 aromatic heterocycles. The lowest BCUT2D eigenvalue weighted by Crippen LogP contribution is -2.09. The lowest BCUT2D eigenvalue weighted by molar-refractivity contribution is 0.0695. The Balaban J connectivity index is 2.51. The van der Waals surface area contributed by atoms with Crippen LogP contribution in [0.4, 0.5) is 10.1 Å². The molecule has 0 saturated carbocycles. The summed E-state index contributed by atoms with van der Waals surface area (Å²) in [5.74, 6) is -1.81. The maximum absolute atomic E-state index is 13.8. The second-order valence-corrected chi connectivity index (χ2v) is 4.50. The van der Waals surface area contributed by atoms with Gasteiger partial charge in [0, 0.05) is 13.2 Å². The van der Waals surface area contributed by atoms with Gasteiger partial charge in [0.05, 0.1) is 28.9 Å². The number of carboxylic acid groups (broad SMARTS) is 1. The molecule has 0 heterocycles. The van der Waals surface area contributed by atoms with E-state index in [-0.39, 0.29) is 28.9 Å². The molecule has 0 fully saturated rings. The quantitative estimate of drug-likeness (QED) is 0.634.